The van der Waals surface area contributed by atoms with Crippen LogP contribution in [-0.2, 0) is 16.1 Å². The van der Waals surface area contributed by atoms with Crippen molar-refractivity contribution in [3.05, 3.63) is 41.6 Å². The summed E-state index contributed by atoms with van der Waals surface area (Å²) in [6, 6.07) is 8.07. The van der Waals surface area contributed by atoms with Gasteiger partial charge in [0.2, 0.25) is 5.91 Å². The van der Waals surface area contributed by atoms with Gasteiger partial charge in [-0.1, -0.05) is 12.1 Å². The number of carbonyl (C=O) groups excluding carboxylic acids is 1. The van der Waals surface area contributed by atoms with E-state index in [1.165, 1.54) is 5.56 Å². The van der Waals surface area contributed by atoms with Crippen LogP contribution < -0.4 is 5.32 Å². The number of ether oxygens (including phenoxy) is 1. The van der Waals surface area contributed by atoms with Crippen LogP contribution in [0.25, 0.3) is 10.9 Å². The molecule has 0 unspecified atom stereocenters. The minimum Gasteiger partial charge on any atom is -0.381 e. The molecule has 0 bridgehead atoms. The highest BCUT2D eigenvalue weighted by Crippen LogP contribution is 2.21. The molecule has 4 nitrogen and oxygen atoms in total. The molecule has 1 aliphatic rings. The van der Waals surface area contributed by atoms with Crippen LogP contribution in [0.5, 0.6) is 0 Å². The lowest BCUT2D eigenvalue weighted by Crippen LogP contribution is -2.25. The van der Waals surface area contributed by atoms with E-state index in [0.717, 1.165) is 29.5 Å². The second-order valence-electron chi connectivity index (χ2n) is 5.64. The third kappa shape index (κ3) is 3.22. The molecule has 1 atom stereocenters. The van der Waals surface area contributed by atoms with Gasteiger partial charge in [0.05, 0.1) is 5.52 Å². The predicted molar refractivity (Wildman–Crippen MR) is 81.9 cm³/mol. The number of rotatable bonds is 4. The number of hydrogen-bond donors (Lipinski definition) is 1. The van der Waals surface area contributed by atoms with Crippen molar-refractivity contribution in [2.45, 2.75) is 26.3 Å². The molecule has 0 saturated carbocycles. The van der Waals surface area contributed by atoms with Crippen LogP contribution in [0.3, 0.4) is 0 Å². The maximum atomic E-state index is 12.0. The zero-order chi connectivity index (χ0) is 14.7. The number of fused-ring (bicyclic) bond motifs is 1. The standard InChI is InChI=1S/C17H20N2O2/c1-12-4-5-16-14(3-2-7-18-16)15(12)10-19-17(20)9-13-6-8-21-11-13/h2-5,7,13H,6,8-11H2,1H3,(H,19,20)/t13-/m0/s1. The molecule has 0 spiro atoms. The highest BCUT2D eigenvalue weighted by molar-refractivity contribution is 5.84. The van der Waals surface area contributed by atoms with Crippen molar-refractivity contribution in [1.82, 2.24) is 10.3 Å². The van der Waals surface area contributed by atoms with Crippen LogP contribution in [0.1, 0.15) is 24.0 Å². The molecule has 21 heavy (non-hydrogen) atoms. The van der Waals surface area contributed by atoms with Gasteiger partial charge in [-0.05, 0) is 42.5 Å². The number of hydrogen-bond acceptors (Lipinski definition) is 3. The maximum absolute atomic E-state index is 12.0. The molecular weight excluding hydrogens is 264 g/mol. The average molecular weight is 284 g/mol. The second kappa shape index (κ2) is 6.22. The largest absolute Gasteiger partial charge is 0.381 e. The summed E-state index contributed by atoms with van der Waals surface area (Å²) in [7, 11) is 0. The van der Waals surface area contributed by atoms with E-state index < -0.39 is 0 Å². The zero-order valence-electron chi connectivity index (χ0n) is 12.3. The lowest BCUT2D eigenvalue weighted by Gasteiger charge is -2.12. The SMILES string of the molecule is Cc1ccc2ncccc2c1CNC(=O)C[C@@H]1CCOC1. The Morgan fingerprint density at radius 3 is 3.14 bits per heavy atom. The van der Waals surface area contributed by atoms with Crippen molar-refractivity contribution in [1.29, 1.82) is 0 Å². The van der Waals surface area contributed by atoms with E-state index in [0.29, 0.717) is 25.5 Å². The van der Waals surface area contributed by atoms with E-state index in [2.05, 4.69) is 29.4 Å². The van der Waals surface area contributed by atoms with Crippen LogP contribution in [0.4, 0.5) is 0 Å². The maximum Gasteiger partial charge on any atom is 0.220 e. The summed E-state index contributed by atoms with van der Waals surface area (Å²) in [6.07, 6.45) is 3.34. The lowest BCUT2D eigenvalue weighted by molar-refractivity contribution is -0.122. The summed E-state index contributed by atoms with van der Waals surface area (Å²) >= 11 is 0. The van der Waals surface area contributed by atoms with Crippen molar-refractivity contribution in [2.24, 2.45) is 5.92 Å². The van der Waals surface area contributed by atoms with E-state index in [9.17, 15) is 4.79 Å². The monoisotopic (exact) mass is 284 g/mol. The van der Waals surface area contributed by atoms with Gasteiger partial charge in [0.1, 0.15) is 0 Å². The Morgan fingerprint density at radius 1 is 1.43 bits per heavy atom. The van der Waals surface area contributed by atoms with E-state index in [1.54, 1.807) is 6.20 Å². The molecule has 0 radical (unpaired) electrons. The van der Waals surface area contributed by atoms with E-state index in [4.69, 9.17) is 4.74 Å². The van der Waals surface area contributed by atoms with Gasteiger partial charge in [-0.15, -0.1) is 0 Å². The average Bonchev–Trinajstić information content (AvgIpc) is 2.99. The van der Waals surface area contributed by atoms with Crippen LogP contribution >= 0.6 is 0 Å². The van der Waals surface area contributed by atoms with Crippen LogP contribution in [0, 0.1) is 12.8 Å². The first-order valence-corrected chi connectivity index (χ1v) is 7.41. The van der Waals surface area contributed by atoms with Gasteiger partial charge >= 0.3 is 0 Å². The van der Waals surface area contributed by atoms with Crippen molar-refractivity contribution in [3.63, 3.8) is 0 Å². The van der Waals surface area contributed by atoms with Crippen molar-refractivity contribution in [3.8, 4) is 0 Å². The minimum atomic E-state index is 0.103. The molecule has 1 aromatic carbocycles. The fourth-order valence-corrected chi connectivity index (χ4v) is 2.82. The third-order valence-corrected chi connectivity index (χ3v) is 4.09. The molecule has 1 N–H and O–H groups in total. The molecule has 2 aromatic rings. The Balaban J connectivity index is 1.69. The molecule has 1 amide bonds. The molecule has 4 heteroatoms. The van der Waals surface area contributed by atoms with Gasteiger partial charge in [0.15, 0.2) is 0 Å². The summed E-state index contributed by atoms with van der Waals surface area (Å²) in [4.78, 5) is 16.4. The highest BCUT2D eigenvalue weighted by Gasteiger charge is 2.19. The molecule has 1 aliphatic heterocycles. The smallest absolute Gasteiger partial charge is 0.220 e. The molecule has 3 rings (SSSR count). The van der Waals surface area contributed by atoms with Gasteiger partial charge < -0.3 is 10.1 Å². The van der Waals surface area contributed by atoms with Crippen molar-refractivity contribution >= 4 is 16.8 Å². The fraction of sp³-hybridized carbons (Fsp3) is 0.412. The first kappa shape index (κ1) is 14.0. The predicted octanol–water partition coefficient (Wildman–Crippen LogP) is 2.59. The fourth-order valence-electron chi connectivity index (χ4n) is 2.82. The van der Waals surface area contributed by atoms with Crippen molar-refractivity contribution in [2.75, 3.05) is 13.2 Å². The van der Waals surface area contributed by atoms with Crippen LogP contribution in [0.15, 0.2) is 30.5 Å². The Labute approximate surface area is 124 Å². The van der Waals surface area contributed by atoms with Gasteiger partial charge in [-0.2, -0.15) is 0 Å². The minimum absolute atomic E-state index is 0.103. The summed E-state index contributed by atoms with van der Waals surface area (Å²) in [5.41, 5.74) is 3.30. The molecular formula is C17H20N2O2. The normalized spacial score (nSPS) is 18.0. The van der Waals surface area contributed by atoms with Gasteiger partial charge in [0, 0.05) is 37.8 Å². The zero-order valence-corrected chi connectivity index (χ0v) is 12.3. The van der Waals surface area contributed by atoms with Gasteiger partial charge in [-0.3, -0.25) is 9.78 Å². The summed E-state index contributed by atoms with van der Waals surface area (Å²) in [5, 5.41) is 4.15. The first-order chi connectivity index (χ1) is 10.2. The molecule has 1 aromatic heterocycles. The van der Waals surface area contributed by atoms with Crippen LogP contribution in [-0.4, -0.2) is 24.1 Å². The van der Waals surface area contributed by atoms with E-state index >= 15 is 0 Å². The Kier molecular flexibility index (Phi) is 4.15. The second-order valence-corrected chi connectivity index (χ2v) is 5.64. The summed E-state index contributed by atoms with van der Waals surface area (Å²) < 4.78 is 5.31. The Hall–Kier alpha value is -1.94. The number of nitrogens with zero attached hydrogens (tertiary/aromatic N) is 1. The molecule has 1 fully saturated rings. The number of benzene rings is 1. The molecule has 1 saturated heterocycles. The summed E-state index contributed by atoms with van der Waals surface area (Å²) in [5.74, 6) is 0.478. The number of pyridine rings is 1. The van der Waals surface area contributed by atoms with Crippen molar-refractivity contribution < 1.29 is 9.53 Å². The van der Waals surface area contributed by atoms with Gasteiger partial charge in [-0.25, -0.2) is 0 Å². The first-order valence-electron chi connectivity index (χ1n) is 7.41. The van der Waals surface area contributed by atoms with Crippen LogP contribution in [0.2, 0.25) is 0 Å². The van der Waals surface area contributed by atoms with E-state index in [-0.39, 0.29) is 5.91 Å². The Morgan fingerprint density at radius 2 is 2.33 bits per heavy atom. The summed E-state index contributed by atoms with van der Waals surface area (Å²) in [6.45, 7) is 4.12. The lowest BCUT2D eigenvalue weighted by atomic mass is 10.0. The number of nitrogens with one attached hydrogen (secondary N) is 1. The highest BCUT2D eigenvalue weighted by atomic mass is 16.5. The Bertz CT molecular complexity index is 648. The molecule has 110 valence electrons. The number of aromatic nitrogens is 1. The number of amides is 1. The molecule has 2 heterocycles. The number of aryl methyl sites for hydroxylation is 1. The number of carbonyl (C=O) groups is 1. The third-order valence-electron chi connectivity index (χ3n) is 4.09. The van der Waals surface area contributed by atoms with Gasteiger partial charge in [0.25, 0.3) is 0 Å². The quantitative estimate of drug-likeness (QED) is 0.939. The van der Waals surface area contributed by atoms with E-state index in [1.807, 2.05) is 12.1 Å². The topological polar surface area (TPSA) is 51.2 Å². The molecule has 0 aliphatic carbocycles.